The van der Waals surface area contributed by atoms with E-state index in [4.69, 9.17) is 9.47 Å². The van der Waals surface area contributed by atoms with E-state index in [1.807, 2.05) is 0 Å². The number of ether oxygens (including phenoxy) is 2. The van der Waals surface area contributed by atoms with Gasteiger partial charge < -0.3 is 14.8 Å². The summed E-state index contributed by atoms with van der Waals surface area (Å²) in [5.74, 6) is 4.31. The highest BCUT2D eigenvalue weighted by atomic mass is 16.5. The summed E-state index contributed by atoms with van der Waals surface area (Å²) < 4.78 is 9.52. The summed E-state index contributed by atoms with van der Waals surface area (Å²) in [6.45, 7) is 1.89. The Bertz CT molecular complexity index is 908. The molecule has 0 radical (unpaired) electrons. The number of rotatable bonds is 5. The molecule has 0 heterocycles. The molecule has 27 heavy (non-hydrogen) atoms. The van der Waals surface area contributed by atoms with Gasteiger partial charge in [-0.15, -0.1) is 0 Å². The molecule has 6 heteroatoms. The summed E-state index contributed by atoms with van der Waals surface area (Å²) in [7, 11) is 1.31. The Morgan fingerprint density at radius 2 is 1.59 bits per heavy atom. The number of para-hydroxylation sites is 1. The molecule has 0 saturated carbocycles. The second-order valence-corrected chi connectivity index (χ2v) is 5.36. The molecule has 6 nitrogen and oxygen atoms in total. The van der Waals surface area contributed by atoms with Crippen LogP contribution in [0.1, 0.15) is 34.8 Å². The van der Waals surface area contributed by atoms with Gasteiger partial charge in [-0.25, -0.2) is 4.79 Å². The standard InChI is InChI=1S/C21H19NO5/c1-3-27-20(24)14-19(23)22-18-11-7-5-9-16(18)13-12-15-8-4-6-10-17(15)21(25)26-2/h4-11H,3,14H2,1-2H3,(H,22,23). The van der Waals surface area contributed by atoms with Crippen molar-refractivity contribution >= 4 is 23.5 Å². The molecule has 0 aliphatic rings. The molecule has 1 N–H and O–H groups in total. The molecular weight excluding hydrogens is 346 g/mol. The van der Waals surface area contributed by atoms with Crippen LogP contribution in [0.15, 0.2) is 48.5 Å². The third-order valence-electron chi connectivity index (χ3n) is 3.48. The maximum absolute atomic E-state index is 12.0. The van der Waals surface area contributed by atoms with Crippen molar-refractivity contribution < 1.29 is 23.9 Å². The molecule has 1 amide bonds. The van der Waals surface area contributed by atoms with Crippen LogP contribution in [0.3, 0.4) is 0 Å². The predicted octanol–water partition coefficient (Wildman–Crippen LogP) is 2.76. The monoisotopic (exact) mass is 365 g/mol. The van der Waals surface area contributed by atoms with Gasteiger partial charge in [0.15, 0.2) is 0 Å². The van der Waals surface area contributed by atoms with Crippen LogP contribution in [0.25, 0.3) is 0 Å². The van der Waals surface area contributed by atoms with Gasteiger partial charge in [0.05, 0.1) is 25.0 Å². The van der Waals surface area contributed by atoms with Crippen molar-refractivity contribution in [1.29, 1.82) is 0 Å². The fourth-order valence-electron chi connectivity index (χ4n) is 2.25. The van der Waals surface area contributed by atoms with Gasteiger partial charge in [0.1, 0.15) is 6.42 Å². The van der Waals surface area contributed by atoms with E-state index >= 15 is 0 Å². The molecule has 0 spiro atoms. The summed E-state index contributed by atoms with van der Waals surface area (Å²) >= 11 is 0. The number of methoxy groups -OCH3 is 1. The van der Waals surface area contributed by atoms with E-state index in [1.165, 1.54) is 7.11 Å². The third kappa shape index (κ3) is 5.72. The summed E-state index contributed by atoms with van der Waals surface area (Å²) in [6.07, 6.45) is -0.374. The van der Waals surface area contributed by atoms with E-state index in [0.717, 1.165) is 0 Å². The number of hydrogen-bond acceptors (Lipinski definition) is 5. The average Bonchev–Trinajstić information content (AvgIpc) is 2.67. The van der Waals surface area contributed by atoms with Gasteiger partial charge >= 0.3 is 11.9 Å². The largest absolute Gasteiger partial charge is 0.466 e. The molecule has 0 aliphatic carbocycles. The van der Waals surface area contributed by atoms with Crippen LogP contribution in [-0.4, -0.2) is 31.6 Å². The second-order valence-electron chi connectivity index (χ2n) is 5.36. The first-order valence-corrected chi connectivity index (χ1v) is 8.29. The van der Waals surface area contributed by atoms with Gasteiger partial charge in [-0.1, -0.05) is 36.1 Å². The van der Waals surface area contributed by atoms with Gasteiger partial charge in [0, 0.05) is 11.1 Å². The fourth-order valence-corrected chi connectivity index (χ4v) is 2.25. The molecule has 0 bridgehead atoms. The second kappa shape index (κ2) is 9.78. The Morgan fingerprint density at radius 1 is 0.963 bits per heavy atom. The lowest BCUT2D eigenvalue weighted by molar-refractivity contribution is -0.145. The van der Waals surface area contributed by atoms with Crippen molar-refractivity contribution in [2.24, 2.45) is 0 Å². The zero-order valence-electron chi connectivity index (χ0n) is 15.1. The lowest BCUT2D eigenvalue weighted by Gasteiger charge is -2.07. The Labute approximate surface area is 157 Å². The molecule has 2 aromatic rings. The number of anilines is 1. The van der Waals surface area contributed by atoms with E-state index in [0.29, 0.717) is 22.4 Å². The average molecular weight is 365 g/mol. The van der Waals surface area contributed by atoms with E-state index in [9.17, 15) is 14.4 Å². The van der Waals surface area contributed by atoms with Gasteiger partial charge in [0.2, 0.25) is 5.91 Å². The summed E-state index contributed by atoms with van der Waals surface area (Å²) in [5.41, 5.74) is 1.89. The first-order chi connectivity index (χ1) is 13.0. The first kappa shape index (κ1) is 19.7. The van der Waals surface area contributed by atoms with Gasteiger partial charge in [-0.2, -0.15) is 0 Å². The topological polar surface area (TPSA) is 81.7 Å². The number of hydrogen-bond donors (Lipinski definition) is 1. The number of nitrogens with one attached hydrogen (secondary N) is 1. The van der Waals surface area contributed by atoms with Crippen LogP contribution in [0.2, 0.25) is 0 Å². The maximum Gasteiger partial charge on any atom is 0.339 e. The lowest BCUT2D eigenvalue weighted by atomic mass is 10.1. The van der Waals surface area contributed by atoms with Crippen LogP contribution in [0.4, 0.5) is 5.69 Å². The van der Waals surface area contributed by atoms with E-state index in [1.54, 1.807) is 55.5 Å². The molecule has 2 aromatic carbocycles. The molecule has 0 atom stereocenters. The van der Waals surface area contributed by atoms with Gasteiger partial charge in [0.25, 0.3) is 0 Å². The molecular formula is C21H19NO5. The maximum atomic E-state index is 12.0. The minimum Gasteiger partial charge on any atom is -0.466 e. The van der Waals surface area contributed by atoms with Crippen LogP contribution in [0.5, 0.6) is 0 Å². The number of amides is 1. The van der Waals surface area contributed by atoms with Gasteiger partial charge in [-0.05, 0) is 31.2 Å². The van der Waals surface area contributed by atoms with Crippen LogP contribution in [0, 0.1) is 11.8 Å². The highest BCUT2D eigenvalue weighted by Gasteiger charge is 2.12. The Hall–Kier alpha value is -3.59. The first-order valence-electron chi connectivity index (χ1n) is 8.29. The Morgan fingerprint density at radius 3 is 2.30 bits per heavy atom. The minimum atomic E-state index is -0.592. The van der Waals surface area contributed by atoms with Crippen molar-refractivity contribution in [3.8, 4) is 11.8 Å². The quantitative estimate of drug-likeness (QED) is 0.501. The molecule has 0 aromatic heterocycles. The lowest BCUT2D eigenvalue weighted by Crippen LogP contribution is -2.18. The zero-order chi connectivity index (χ0) is 19.6. The summed E-state index contributed by atoms with van der Waals surface area (Å²) in [5, 5.41) is 2.65. The van der Waals surface area contributed by atoms with Gasteiger partial charge in [-0.3, -0.25) is 9.59 Å². The van der Waals surface area contributed by atoms with Crippen molar-refractivity contribution in [3.05, 3.63) is 65.2 Å². The molecule has 0 saturated heterocycles. The molecule has 0 unspecified atom stereocenters. The highest BCUT2D eigenvalue weighted by molar-refractivity contribution is 6.02. The molecule has 2 rings (SSSR count). The van der Waals surface area contributed by atoms with Crippen molar-refractivity contribution in [1.82, 2.24) is 0 Å². The van der Waals surface area contributed by atoms with Crippen molar-refractivity contribution in [2.75, 3.05) is 19.0 Å². The van der Waals surface area contributed by atoms with E-state index in [-0.39, 0.29) is 13.0 Å². The molecule has 138 valence electrons. The third-order valence-corrected chi connectivity index (χ3v) is 3.48. The minimum absolute atomic E-state index is 0.216. The molecule has 0 aliphatic heterocycles. The smallest absolute Gasteiger partial charge is 0.339 e. The summed E-state index contributed by atoms with van der Waals surface area (Å²) in [6, 6.07) is 13.8. The SMILES string of the molecule is CCOC(=O)CC(=O)Nc1ccccc1C#Cc1ccccc1C(=O)OC. The fraction of sp³-hybridized carbons (Fsp3) is 0.190. The summed E-state index contributed by atoms with van der Waals surface area (Å²) in [4.78, 5) is 35.2. The van der Waals surface area contributed by atoms with E-state index in [2.05, 4.69) is 17.2 Å². The zero-order valence-corrected chi connectivity index (χ0v) is 15.1. The van der Waals surface area contributed by atoms with Crippen molar-refractivity contribution in [2.45, 2.75) is 13.3 Å². The Kier molecular flexibility index (Phi) is 7.15. The van der Waals surface area contributed by atoms with Crippen LogP contribution in [-0.2, 0) is 19.1 Å². The van der Waals surface area contributed by atoms with Crippen LogP contribution >= 0.6 is 0 Å². The number of benzene rings is 2. The number of carbonyl (C=O) groups is 3. The normalized spacial score (nSPS) is 9.56. The predicted molar refractivity (Wildman–Crippen MR) is 100 cm³/mol. The number of esters is 2. The van der Waals surface area contributed by atoms with E-state index < -0.39 is 17.8 Å². The van der Waals surface area contributed by atoms with Crippen LogP contribution < -0.4 is 5.32 Å². The number of carbonyl (C=O) groups excluding carboxylic acids is 3. The highest BCUT2D eigenvalue weighted by Crippen LogP contribution is 2.15. The molecule has 0 fully saturated rings. The Balaban J connectivity index is 2.23. The van der Waals surface area contributed by atoms with Crippen molar-refractivity contribution in [3.63, 3.8) is 0 Å².